The third-order valence-electron chi connectivity index (χ3n) is 3.00. The molecule has 1 aromatic rings. The molecule has 2 heterocycles. The summed E-state index contributed by atoms with van der Waals surface area (Å²) in [6, 6.07) is 0. The molecule has 0 aromatic carbocycles. The van der Waals surface area contributed by atoms with Gasteiger partial charge in [0.25, 0.3) is 0 Å². The highest BCUT2D eigenvalue weighted by molar-refractivity contribution is 5.49. The number of nitrogens with zero attached hydrogens (tertiary/aromatic N) is 3. The summed E-state index contributed by atoms with van der Waals surface area (Å²) in [6.07, 6.45) is 1.74. The molecular weight excluding hydrogens is 232 g/mol. The van der Waals surface area contributed by atoms with Gasteiger partial charge in [0.05, 0.1) is 18.8 Å². The highest BCUT2D eigenvalue weighted by Gasteiger charge is 2.26. The summed E-state index contributed by atoms with van der Waals surface area (Å²) >= 11 is 0. The minimum Gasteiger partial charge on any atom is -0.394 e. The first kappa shape index (κ1) is 13.0. The van der Waals surface area contributed by atoms with Gasteiger partial charge in [0.1, 0.15) is 5.82 Å². The molecule has 0 amide bonds. The molecule has 100 valence electrons. The van der Waals surface area contributed by atoms with Gasteiger partial charge in [-0.25, -0.2) is 4.98 Å². The van der Waals surface area contributed by atoms with Gasteiger partial charge in [-0.1, -0.05) is 0 Å². The van der Waals surface area contributed by atoms with E-state index in [9.17, 15) is 5.11 Å². The van der Waals surface area contributed by atoms with Crippen LogP contribution in [0.1, 0.15) is 12.5 Å². The number of morpholine rings is 1. The quantitative estimate of drug-likeness (QED) is 0.812. The van der Waals surface area contributed by atoms with Crippen molar-refractivity contribution >= 4 is 11.8 Å². The van der Waals surface area contributed by atoms with E-state index in [0.717, 1.165) is 17.9 Å². The number of aliphatic hydroxyl groups excluding tert-OH is 1. The van der Waals surface area contributed by atoms with E-state index >= 15 is 0 Å². The van der Waals surface area contributed by atoms with Gasteiger partial charge >= 0.3 is 0 Å². The van der Waals surface area contributed by atoms with E-state index in [-0.39, 0.29) is 18.8 Å². The van der Waals surface area contributed by atoms with Crippen LogP contribution in [0.4, 0.5) is 11.8 Å². The third-order valence-corrected chi connectivity index (χ3v) is 3.00. The Balaban J connectivity index is 2.24. The lowest BCUT2D eigenvalue weighted by Crippen LogP contribution is -2.48. The highest BCUT2D eigenvalue weighted by Crippen LogP contribution is 2.22. The van der Waals surface area contributed by atoms with Crippen LogP contribution in [0, 0.1) is 6.92 Å². The summed E-state index contributed by atoms with van der Waals surface area (Å²) in [4.78, 5) is 10.8. The van der Waals surface area contributed by atoms with E-state index in [1.54, 1.807) is 7.05 Å². The van der Waals surface area contributed by atoms with E-state index in [2.05, 4.69) is 20.2 Å². The molecule has 1 saturated heterocycles. The molecule has 0 saturated carbocycles. The second-order valence-corrected chi connectivity index (χ2v) is 4.61. The third kappa shape index (κ3) is 2.70. The van der Waals surface area contributed by atoms with Gasteiger partial charge in [-0.05, 0) is 13.8 Å². The number of hydrogen-bond donors (Lipinski definition) is 2. The maximum atomic E-state index is 9.25. The van der Waals surface area contributed by atoms with Gasteiger partial charge in [0.2, 0.25) is 5.95 Å². The second-order valence-electron chi connectivity index (χ2n) is 4.61. The number of aliphatic hydroxyl groups is 1. The molecule has 0 radical (unpaired) electrons. The predicted molar refractivity (Wildman–Crippen MR) is 69.9 cm³/mol. The molecule has 1 aliphatic rings. The fraction of sp³-hybridized carbons (Fsp3) is 0.667. The molecule has 0 aliphatic carbocycles. The van der Waals surface area contributed by atoms with Crippen molar-refractivity contribution in [3.63, 3.8) is 0 Å². The van der Waals surface area contributed by atoms with Gasteiger partial charge < -0.3 is 20.1 Å². The van der Waals surface area contributed by atoms with Gasteiger partial charge in [-0.3, -0.25) is 0 Å². The highest BCUT2D eigenvalue weighted by atomic mass is 16.5. The van der Waals surface area contributed by atoms with Crippen LogP contribution >= 0.6 is 0 Å². The summed E-state index contributed by atoms with van der Waals surface area (Å²) in [5.74, 6) is 1.51. The molecule has 0 bridgehead atoms. The van der Waals surface area contributed by atoms with Crippen LogP contribution in [0.25, 0.3) is 0 Å². The lowest BCUT2D eigenvalue weighted by atomic mass is 10.2. The van der Waals surface area contributed by atoms with E-state index in [1.165, 1.54) is 0 Å². The largest absolute Gasteiger partial charge is 0.394 e. The number of anilines is 2. The van der Waals surface area contributed by atoms with Crippen LogP contribution in [0.5, 0.6) is 0 Å². The topological polar surface area (TPSA) is 70.5 Å². The fourth-order valence-corrected chi connectivity index (χ4v) is 2.19. The summed E-state index contributed by atoms with van der Waals surface area (Å²) in [7, 11) is 1.80. The zero-order chi connectivity index (χ0) is 13.1. The Morgan fingerprint density at radius 1 is 1.56 bits per heavy atom. The summed E-state index contributed by atoms with van der Waals surface area (Å²) < 4.78 is 5.63. The van der Waals surface area contributed by atoms with Crippen molar-refractivity contribution in [3.05, 3.63) is 11.8 Å². The first-order valence-corrected chi connectivity index (χ1v) is 6.16. The molecule has 6 heteroatoms. The number of hydrogen-bond acceptors (Lipinski definition) is 6. The monoisotopic (exact) mass is 252 g/mol. The minimum absolute atomic E-state index is 0.0316. The first-order valence-electron chi connectivity index (χ1n) is 6.16. The molecule has 1 aliphatic heterocycles. The molecule has 6 nitrogen and oxygen atoms in total. The molecule has 1 aromatic heterocycles. The maximum absolute atomic E-state index is 9.25. The number of ether oxygens (including phenoxy) is 1. The maximum Gasteiger partial charge on any atom is 0.224 e. The Morgan fingerprint density at radius 3 is 3.00 bits per heavy atom. The van der Waals surface area contributed by atoms with E-state index in [0.29, 0.717) is 12.5 Å². The van der Waals surface area contributed by atoms with Crippen molar-refractivity contribution in [2.24, 2.45) is 0 Å². The van der Waals surface area contributed by atoms with Gasteiger partial charge in [-0.2, -0.15) is 4.98 Å². The zero-order valence-electron chi connectivity index (χ0n) is 11.1. The average Bonchev–Trinajstić information content (AvgIpc) is 2.38. The standard InChI is InChI=1S/C12H20N4O2/c1-8-4-14-12(13-3)15-11(8)16-5-9(2)18-10(6-16)7-17/h4,9-10,17H,5-7H2,1-3H3,(H,13,14,15). The van der Waals surface area contributed by atoms with Crippen molar-refractivity contribution in [2.45, 2.75) is 26.1 Å². The van der Waals surface area contributed by atoms with Crippen LogP contribution in [-0.4, -0.2) is 54.0 Å². The Hall–Kier alpha value is -1.40. The van der Waals surface area contributed by atoms with E-state index in [4.69, 9.17) is 4.74 Å². The minimum atomic E-state index is -0.152. The van der Waals surface area contributed by atoms with Crippen molar-refractivity contribution in [1.82, 2.24) is 9.97 Å². The molecule has 2 N–H and O–H groups in total. The van der Waals surface area contributed by atoms with Crippen molar-refractivity contribution in [1.29, 1.82) is 0 Å². The number of aryl methyl sites for hydroxylation is 1. The fourth-order valence-electron chi connectivity index (χ4n) is 2.19. The molecule has 2 atom stereocenters. The smallest absolute Gasteiger partial charge is 0.224 e. The molecule has 0 spiro atoms. The Kier molecular flexibility index (Phi) is 3.98. The number of rotatable bonds is 3. The predicted octanol–water partition coefficient (Wildman–Crippen LogP) is 0.413. The van der Waals surface area contributed by atoms with Crippen molar-refractivity contribution < 1.29 is 9.84 Å². The molecule has 1 fully saturated rings. The lowest BCUT2D eigenvalue weighted by Gasteiger charge is -2.37. The van der Waals surface area contributed by atoms with Crippen LogP contribution in [0.2, 0.25) is 0 Å². The molecule has 2 rings (SSSR count). The zero-order valence-corrected chi connectivity index (χ0v) is 11.1. The van der Waals surface area contributed by atoms with Gasteiger partial charge in [-0.15, -0.1) is 0 Å². The number of aromatic nitrogens is 2. The normalized spacial score (nSPS) is 24.1. The van der Waals surface area contributed by atoms with Crippen LogP contribution in [-0.2, 0) is 4.74 Å². The van der Waals surface area contributed by atoms with E-state index < -0.39 is 0 Å². The summed E-state index contributed by atoms with van der Waals surface area (Å²) in [5, 5.41) is 12.2. The van der Waals surface area contributed by atoms with Gasteiger partial charge in [0, 0.05) is 31.9 Å². The van der Waals surface area contributed by atoms with Crippen molar-refractivity contribution in [2.75, 3.05) is 37.0 Å². The average molecular weight is 252 g/mol. The van der Waals surface area contributed by atoms with Crippen LogP contribution in [0.3, 0.4) is 0 Å². The number of nitrogens with one attached hydrogen (secondary N) is 1. The molecule has 2 unspecified atom stereocenters. The Morgan fingerprint density at radius 2 is 2.33 bits per heavy atom. The summed E-state index contributed by atoms with van der Waals surface area (Å²) in [5.41, 5.74) is 1.03. The lowest BCUT2D eigenvalue weighted by molar-refractivity contribution is -0.0423. The molecule has 18 heavy (non-hydrogen) atoms. The van der Waals surface area contributed by atoms with Gasteiger partial charge in [0.15, 0.2) is 0 Å². The van der Waals surface area contributed by atoms with E-state index in [1.807, 2.05) is 20.0 Å². The van der Waals surface area contributed by atoms with Crippen LogP contribution in [0.15, 0.2) is 6.20 Å². The Bertz CT molecular complexity index is 413. The van der Waals surface area contributed by atoms with Crippen molar-refractivity contribution in [3.8, 4) is 0 Å². The summed E-state index contributed by atoms with van der Waals surface area (Å²) in [6.45, 7) is 5.45. The SMILES string of the molecule is CNc1ncc(C)c(N2CC(C)OC(CO)C2)n1. The van der Waals surface area contributed by atoms with Crippen LogP contribution < -0.4 is 10.2 Å². The Labute approximate surface area is 107 Å². The molecular formula is C12H20N4O2. The second kappa shape index (κ2) is 5.49. The first-order chi connectivity index (χ1) is 8.63.